The van der Waals surface area contributed by atoms with Crippen LogP contribution in [-0.2, 0) is 0 Å². The summed E-state index contributed by atoms with van der Waals surface area (Å²) in [5.74, 6) is 1.44. The number of anilines is 4. The van der Waals surface area contributed by atoms with Gasteiger partial charge in [0, 0.05) is 17.9 Å². The summed E-state index contributed by atoms with van der Waals surface area (Å²) in [5, 5.41) is 17.3. The van der Waals surface area contributed by atoms with Crippen LogP contribution in [0, 0.1) is 0 Å². The highest BCUT2D eigenvalue weighted by atomic mass is 35.5. The van der Waals surface area contributed by atoms with Crippen LogP contribution in [0.25, 0.3) is 0 Å². The molecule has 0 amide bonds. The molecule has 1 unspecified atom stereocenters. The quantitative estimate of drug-likeness (QED) is 0.385. The Kier molecular flexibility index (Phi) is 8.17. The molecule has 0 saturated carbocycles. The number of aliphatic hydroxyl groups excluding tert-OH is 1. The molecule has 2 aromatic carbocycles. The van der Waals surface area contributed by atoms with E-state index in [1.165, 1.54) is 6.20 Å². The van der Waals surface area contributed by atoms with Crippen LogP contribution in [0.15, 0.2) is 48.7 Å². The van der Waals surface area contributed by atoms with Crippen molar-refractivity contribution in [1.29, 1.82) is 0 Å². The van der Waals surface area contributed by atoms with Gasteiger partial charge in [0.15, 0.2) is 5.82 Å². The Morgan fingerprint density at radius 3 is 2.35 bits per heavy atom. The number of aliphatic hydroxyl groups is 1. The van der Waals surface area contributed by atoms with Gasteiger partial charge < -0.3 is 25.4 Å². The molecule has 0 bridgehead atoms. The molecule has 0 aliphatic carbocycles. The first-order valence-corrected chi connectivity index (χ1v) is 10.5. The molecule has 7 nitrogen and oxygen atoms in total. The second-order valence-corrected chi connectivity index (χ2v) is 8.24. The van der Waals surface area contributed by atoms with E-state index in [-0.39, 0.29) is 6.61 Å². The van der Waals surface area contributed by atoms with E-state index < -0.39 is 6.10 Å². The van der Waals surface area contributed by atoms with Gasteiger partial charge in [-0.25, -0.2) is 4.98 Å². The number of aromatic nitrogens is 2. The van der Waals surface area contributed by atoms with E-state index in [4.69, 9.17) is 39.5 Å². The lowest BCUT2D eigenvalue weighted by atomic mass is 10.3. The summed E-state index contributed by atoms with van der Waals surface area (Å²) in [6.45, 7) is 0.751. The molecular formula is C21H22Cl3N5O2. The summed E-state index contributed by atoms with van der Waals surface area (Å²) in [5.41, 5.74) is 1.46. The van der Waals surface area contributed by atoms with E-state index in [1.807, 2.05) is 31.1 Å². The average Bonchev–Trinajstić information content (AvgIpc) is 2.72. The Balaban J connectivity index is 1.63. The smallest absolute Gasteiger partial charge is 0.229 e. The van der Waals surface area contributed by atoms with Crippen molar-refractivity contribution in [2.45, 2.75) is 6.10 Å². The number of rotatable bonds is 9. The van der Waals surface area contributed by atoms with Crippen molar-refractivity contribution in [2.75, 3.05) is 37.9 Å². The second kappa shape index (κ2) is 10.8. The molecular weight excluding hydrogens is 461 g/mol. The SMILES string of the molecule is CN(C)CC(O)COc1ccc(Nc2ncc(Cl)c(Nc3ccc(Cl)c(Cl)c3)n2)cc1. The maximum absolute atomic E-state index is 9.89. The third kappa shape index (κ3) is 7.12. The van der Waals surface area contributed by atoms with Crippen LogP contribution in [0.2, 0.25) is 15.1 Å². The lowest BCUT2D eigenvalue weighted by molar-refractivity contribution is 0.0831. The third-order valence-electron chi connectivity index (χ3n) is 4.06. The minimum Gasteiger partial charge on any atom is -0.491 e. The van der Waals surface area contributed by atoms with Gasteiger partial charge in [-0.05, 0) is 56.6 Å². The maximum Gasteiger partial charge on any atom is 0.229 e. The van der Waals surface area contributed by atoms with Crippen molar-refractivity contribution >= 4 is 57.9 Å². The van der Waals surface area contributed by atoms with Crippen molar-refractivity contribution in [3.63, 3.8) is 0 Å². The van der Waals surface area contributed by atoms with Gasteiger partial charge in [0.2, 0.25) is 5.95 Å². The Hall–Kier alpha value is -2.29. The first-order chi connectivity index (χ1) is 14.8. The molecule has 3 N–H and O–H groups in total. The molecule has 164 valence electrons. The van der Waals surface area contributed by atoms with Gasteiger partial charge in [-0.2, -0.15) is 4.98 Å². The molecule has 0 radical (unpaired) electrons. The highest BCUT2D eigenvalue weighted by molar-refractivity contribution is 6.42. The molecule has 10 heteroatoms. The Bertz CT molecular complexity index is 1020. The fourth-order valence-electron chi connectivity index (χ4n) is 2.66. The number of likely N-dealkylation sites (N-methyl/N-ethyl adjacent to an activating group) is 1. The van der Waals surface area contributed by atoms with Gasteiger partial charge in [-0.1, -0.05) is 34.8 Å². The molecule has 31 heavy (non-hydrogen) atoms. The number of halogens is 3. The van der Waals surface area contributed by atoms with Crippen LogP contribution in [0.4, 0.5) is 23.1 Å². The van der Waals surface area contributed by atoms with Crippen molar-refractivity contribution in [2.24, 2.45) is 0 Å². The van der Waals surface area contributed by atoms with Crippen molar-refractivity contribution in [3.05, 3.63) is 63.7 Å². The van der Waals surface area contributed by atoms with Gasteiger partial charge in [0.1, 0.15) is 23.5 Å². The van der Waals surface area contributed by atoms with Crippen molar-refractivity contribution < 1.29 is 9.84 Å². The first kappa shape index (κ1) is 23.4. The molecule has 0 saturated heterocycles. The number of nitrogens with zero attached hydrogens (tertiary/aromatic N) is 3. The summed E-state index contributed by atoms with van der Waals surface area (Å²) in [4.78, 5) is 10.5. The zero-order valence-corrected chi connectivity index (χ0v) is 19.2. The number of hydrogen-bond acceptors (Lipinski definition) is 7. The molecule has 3 rings (SSSR count). The standard InChI is InChI=1S/C21H22Cl3N5O2/c1-29(2)11-15(30)12-31-16-6-3-13(4-7-16)27-21-25-10-19(24)20(28-21)26-14-5-8-17(22)18(23)9-14/h3-10,15,30H,11-12H2,1-2H3,(H2,25,26,27,28). The fraction of sp³-hybridized carbons (Fsp3) is 0.238. The summed E-state index contributed by atoms with van der Waals surface area (Å²) < 4.78 is 5.61. The van der Waals surface area contributed by atoms with E-state index in [9.17, 15) is 5.11 Å². The normalized spacial score (nSPS) is 12.0. The molecule has 1 heterocycles. The van der Waals surface area contributed by atoms with Gasteiger partial charge in [-0.15, -0.1) is 0 Å². The van der Waals surface area contributed by atoms with Crippen LogP contribution >= 0.6 is 34.8 Å². The van der Waals surface area contributed by atoms with E-state index in [1.54, 1.807) is 30.3 Å². The van der Waals surface area contributed by atoms with Crippen LogP contribution in [0.1, 0.15) is 0 Å². The highest BCUT2D eigenvalue weighted by Gasteiger charge is 2.09. The van der Waals surface area contributed by atoms with Crippen molar-refractivity contribution in [1.82, 2.24) is 14.9 Å². The molecule has 0 fully saturated rings. The van der Waals surface area contributed by atoms with Gasteiger partial charge in [-0.3, -0.25) is 0 Å². The van der Waals surface area contributed by atoms with Crippen LogP contribution in [0.3, 0.4) is 0 Å². The Morgan fingerprint density at radius 2 is 1.68 bits per heavy atom. The predicted molar refractivity (Wildman–Crippen MR) is 127 cm³/mol. The predicted octanol–water partition coefficient (Wildman–Crippen LogP) is 5.23. The maximum atomic E-state index is 9.89. The molecule has 3 aromatic rings. The first-order valence-electron chi connectivity index (χ1n) is 9.37. The van der Waals surface area contributed by atoms with Gasteiger partial charge in [0.25, 0.3) is 0 Å². The zero-order valence-electron chi connectivity index (χ0n) is 16.9. The van der Waals surface area contributed by atoms with Crippen LogP contribution in [-0.4, -0.2) is 53.3 Å². The average molecular weight is 483 g/mol. The van der Waals surface area contributed by atoms with E-state index >= 15 is 0 Å². The molecule has 0 aliphatic heterocycles. The minimum atomic E-state index is -0.559. The largest absolute Gasteiger partial charge is 0.491 e. The van der Waals surface area contributed by atoms with Gasteiger partial charge in [0.05, 0.1) is 16.2 Å². The Labute approximate surface area is 195 Å². The zero-order chi connectivity index (χ0) is 22.4. The van der Waals surface area contributed by atoms with Crippen LogP contribution in [0.5, 0.6) is 5.75 Å². The summed E-state index contributed by atoms with van der Waals surface area (Å²) >= 11 is 18.2. The number of benzene rings is 2. The Morgan fingerprint density at radius 1 is 0.968 bits per heavy atom. The molecule has 1 aromatic heterocycles. The third-order valence-corrected chi connectivity index (χ3v) is 5.07. The van der Waals surface area contributed by atoms with E-state index in [2.05, 4.69) is 20.6 Å². The summed E-state index contributed by atoms with van der Waals surface area (Å²) in [7, 11) is 3.79. The number of ether oxygens (including phenoxy) is 1. The van der Waals surface area contributed by atoms with Gasteiger partial charge >= 0.3 is 0 Å². The molecule has 1 atom stereocenters. The molecule has 0 spiro atoms. The molecule has 0 aliphatic rings. The summed E-state index contributed by atoms with van der Waals surface area (Å²) in [6.07, 6.45) is 0.942. The lowest BCUT2D eigenvalue weighted by Gasteiger charge is -2.16. The monoisotopic (exact) mass is 481 g/mol. The fourth-order valence-corrected chi connectivity index (χ4v) is 3.09. The number of hydrogen-bond donors (Lipinski definition) is 3. The highest BCUT2D eigenvalue weighted by Crippen LogP contribution is 2.29. The van der Waals surface area contributed by atoms with E-state index in [0.29, 0.717) is 44.8 Å². The second-order valence-electron chi connectivity index (χ2n) is 7.02. The van der Waals surface area contributed by atoms with Crippen LogP contribution < -0.4 is 15.4 Å². The lowest BCUT2D eigenvalue weighted by Crippen LogP contribution is -2.30. The van der Waals surface area contributed by atoms with E-state index in [0.717, 1.165) is 5.69 Å². The number of nitrogens with one attached hydrogen (secondary N) is 2. The summed E-state index contributed by atoms with van der Waals surface area (Å²) in [6, 6.07) is 12.4. The van der Waals surface area contributed by atoms with Crippen molar-refractivity contribution in [3.8, 4) is 5.75 Å². The topological polar surface area (TPSA) is 82.5 Å². The minimum absolute atomic E-state index is 0.217.